The lowest BCUT2D eigenvalue weighted by Gasteiger charge is -2.15. The first kappa shape index (κ1) is 33.3. The van der Waals surface area contributed by atoms with E-state index in [1.165, 1.54) is 37.3 Å². The zero-order valence-corrected chi connectivity index (χ0v) is 23.3. The SMILES string of the molecule is C=CP(=O)(OCC/C=C\CCCC)OCCCCCCOP(=O)(C=C)OCC/C=C\CCCC. The van der Waals surface area contributed by atoms with Gasteiger partial charge in [-0.25, -0.2) is 0 Å². The van der Waals surface area contributed by atoms with Crippen molar-refractivity contribution in [1.29, 1.82) is 0 Å². The maximum atomic E-state index is 12.5. The van der Waals surface area contributed by atoms with Gasteiger partial charge < -0.3 is 18.1 Å². The van der Waals surface area contributed by atoms with Crippen LogP contribution in [0.25, 0.3) is 0 Å². The summed E-state index contributed by atoms with van der Waals surface area (Å²) in [6, 6.07) is 0. The quantitative estimate of drug-likeness (QED) is 0.0681. The van der Waals surface area contributed by atoms with Crippen LogP contribution in [0.4, 0.5) is 0 Å². The van der Waals surface area contributed by atoms with Crippen molar-refractivity contribution < 1.29 is 27.2 Å². The molecule has 8 heteroatoms. The first-order chi connectivity index (χ1) is 16.4. The first-order valence-electron chi connectivity index (χ1n) is 12.8. The van der Waals surface area contributed by atoms with Crippen LogP contribution < -0.4 is 0 Å². The van der Waals surface area contributed by atoms with E-state index < -0.39 is 15.2 Å². The second-order valence-electron chi connectivity index (χ2n) is 8.00. The molecule has 0 rings (SSSR count). The van der Waals surface area contributed by atoms with Gasteiger partial charge in [0, 0.05) is 11.6 Å². The van der Waals surface area contributed by atoms with Crippen LogP contribution in [-0.4, -0.2) is 26.4 Å². The van der Waals surface area contributed by atoms with E-state index in [9.17, 15) is 9.13 Å². The minimum atomic E-state index is -3.24. The van der Waals surface area contributed by atoms with Gasteiger partial charge in [0.05, 0.1) is 26.4 Å². The predicted octanol–water partition coefficient (Wildman–Crippen LogP) is 9.56. The third-order valence-corrected chi connectivity index (χ3v) is 7.99. The Kier molecular flexibility index (Phi) is 22.2. The number of hydrogen-bond donors (Lipinski definition) is 0. The molecule has 0 N–H and O–H groups in total. The van der Waals surface area contributed by atoms with E-state index in [1.54, 1.807) is 0 Å². The van der Waals surface area contributed by atoms with Gasteiger partial charge >= 0.3 is 15.2 Å². The molecule has 0 bridgehead atoms. The fourth-order valence-electron chi connectivity index (χ4n) is 2.84. The van der Waals surface area contributed by atoms with Crippen molar-refractivity contribution in [2.75, 3.05) is 26.4 Å². The Labute approximate surface area is 208 Å². The molecule has 0 saturated heterocycles. The maximum Gasteiger partial charge on any atom is 0.353 e. The molecule has 0 amide bonds. The smallest absolute Gasteiger partial charge is 0.306 e. The Bertz CT molecular complexity index is 604. The normalized spacial score (nSPS) is 15.5. The van der Waals surface area contributed by atoms with Crippen LogP contribution in [0.5, 0.6) is 0 Å². The van der Waals surface area contributed by atoms with Crippen molar-refractivity contribution in [1.82, 2.24) is 0 Å². The standard InChI is InChI=1S/C26H48O6P2/c1-5-9-11-13-15-19-23-29-33(27,7-3)31-25-21-17-18-22-26-32-34(28,8-4)30-24-20-16-14-12-10-6-2/h7-8,13-16H,3-6,9-12,17-26H2,1-2H3/b15-13-,16-14-. The summed E-state index contributed by atoms with van der Waals surface area (Å²) in [7, 11) is -6.47. The summed E-state index contributed by atoms with van der Waals surface area (Å²) in [5, 5.41) is 0. The van der Waals surface area contributed by atoms with Crippen LogP contribution >= 0.6 is 15.2 Å². The lowest BCUT2D eigenvalue weighted by molar-refractivity contribution is 0.204. The lowest BCUT2D eigenvalue weighted by atomic mass is 10.2. The van der Waals surface area contributed by atoms with E-state index in [0.29, 0.717) is 39.3 Å². The van der Waals surface area contributed by atoms with Crippen molar-refractivity contribution in [3.63, 3.8) is 0 Å². The largest absolute Gasteiger partial charge is 0.353 e. The molecule has 0 aromatic heterocycles. The Balaban J connectivity index is 3.88. The van der Waals surface area contributed by atoms with Crippen LogP contribution in [0.3, 0.4) is 0 Å². The van der Waals surface area contributed by atoms with Crippen molar-refractivity contribution in [3.8, 4) is 0 Å². The number of allylic oxidation sites excluding steroid dienone is 2. The fourth-order valence-corrected chi connectivity index (χ4v) is 4.90. The summed E-state index contributed by atoms with van der Waals surface area (Å²) in [6.45, 7) is 12.9. The van der Waals surface area contributed by atoms with Crippen LogP contribution in [0.15, 0.2) is 49.1 Å². The van der Waals surface area contributed by atoms with Gasteiger partial charge in [0.15, 0.2) is 0 Å². The van der Waals surface area contributed by atoms with E-state index in [1.807, 2.05) is 12.2 Å². The summed E-state index contributed by atoms with van der Waals surface area (Å²) in [6.07, 6.45) is 19.8. The van der Waals surface area contributed by atoms with Gasteiger partial charge in [-0.3, -0.25) is 9.13 Å². The second kappa shape index (κ2) is 22.7. The molecule has 198 valence electrons. The molecule has 0 aromatic carbocycles. The number of rotatable bonds is 25. The molecular formula is C26H48O6P2. The van der Waals surface area contributed by atoms with Crippen LogP contribution in [0.1, 0.15) is 90.9 Å². The highest BCUT2D eigenvalue weighted by molar-refractivity contribution is 7.57. The molecule has 6 nitrogen and oxygen atoms in total. The number of unbranched alkanes of at least 4 members (excludes halogenated alkanes) is 7. The highest BCUT2D eigenvalue weighted by atomic mass is 31.2. The Morgan fingerprint density at radius 3 is 1.24 bits per heavy atom. The average molecular weight is 519 g/mol. The van der Waals surface area contributed by atoms with Gasteiger partial charge in [-0.1, -0.05) is 89.8 Å². The molecule has 0 aliphatic carbocycles. The van der Waals surface area contributed by atoms with E-state index in [2.05, 4.69) is 39.2 Å². The Morgan fingerprint density at radius 2 is 0.882 bits per heavy atom. The summed E-state index contributed by atoms with van der Waals surface area (Å²) >= 11 is 0. The molecule has 0 aromatic rings. The van der Waals surface area contributed by atoms with E-state index >= 15 is 0 Å². The number of hydrogen-bond acceptors (Lipinski definition) is 6. The lowest BCUT2D eigenvalue weighted by Crippen LogP contribution is -1.99. The second-order valence-corrected chi connectivity index (χ2v) is 11.9. The summed E-state index contributed by atoms with van der Waals surface area (Å²) in [5.74, 6) is 2.55. The maximum absolute atomic E-state index is 12.5. The predicted molar refractivity (Wildman–Crippen MR) is 144 cm³/mol. The topological polar surface area (TPSA) is 71.1 Å². The fraction of sp³-hybridized carbons (Fsp3) is 0.692. The van der Waals surface area contributed by atoms with Gasteiger partial charge in [0.1, 0.15) is 0 Å². The molecular weight excluding hydrogens is 470 g/mol. The molecule has 2 atom stereocenters. The Hall–Kier alpha value is -0.740. The summed E-state index contributed by atoms with van der Waals surface area (Å²) in [4.78, 5) is 0. The van der Waals surface area contributed by atoms with Crippen molar-refractivity contribution >= 4 is 15.2 Å². The third kappa shape index (κ3) is 19.6. The average Bonchev–Trinajstić information content (AvgIpc) is 2.84. The highest BCUT2D eigenvalue weighted by Gasteiger charge is 2.20. The van der Waals surface area contributed by atoms with Crippen molar-refractivity contribution in [2.24, 2.45) is 0 Å². The van der Waals surface area contributed by atoms with Crippen LogP contribution in [0, 0.1) is 0 Å². The van der Waals surface area contributed by atoms with Gasteiger partial charge in [0.25, 0.3) is 0 Å². The van der Waals surface area contributed by atoms with E-state index in [0.717, 1.165) is 38.5 Å². The van der Waals surface area contributed by atoms with Crippen molar-refractivity contribution in [3.05, 3.63) is 49.1 Å². The molecule has 0 heterocycles. The molecule has 0 radical (unpaired) electrons. The van der Waals surface area contributed by atoms with Gasteiger partial charge in [-0.2, -0.15) is 0 Å². The molecule has 0 aliphatic rings. The van der Waals surface area contributed by atoms with Gasteiger partial charge in [0.2, 0.25) is 0 Å². The van der Waals surface area contributed by atoms with Gasteiger partial charge in [-0.15, -0.1) is 0 Å². The van der Waals surface area contributed by atoms with E-state index in [-0.39, 0.29) is 0 Å². The first-order valence-corrected chi connectivity index (χ1v) is 16.0. The van der Waals surface area contributed by atoms with E-state index in [4.69, 9.17) is 18.1 Å². The van der Waals surface area contributed by atoms with Crippen LogP contribution in [0.2, 0.25) is 0 Å². The molecule has 0 spiro atoms. The van der Waals surface area contributed by atoms with Crippen molar-refractivity contribution in [2.45, 2.75) is 90.9 Å². The summed E-state index contributed by atoms with van der Waals surface area (Å²) < 4.78 is 46.8. The Morgan fingerprint density at radius 1 is 0.529 bits per heavy atom. The zero-order valence-electron chi connectivity index (χ0n) is 21.5. The molecule has 0 aliphatic heterocycles. The molecule has 0 saturated carbocycles. The third-order valence-electron chi connectivity index (χ3n) is 4.92. The van der Waals surface area contributed by atoms with Gasteiger partial charge in [-0.05, 0) is 38.5 Å². The highest BCUT2D eigenvalue weighted by Crippen LogP contribution is 2.50. The molecule has 0 fully saturated rings. The summed E-state index contributed by atoms with van der Waals surface area (Å²) in [5.41, 5.74) is 0. The monoisotopic (exact) mass is 518 g/mol. The molecule has 34 heavy (non-hydrogen) atoms. The minimum Gasteiger partial charge on any atom is -0.306 e. The zero-order chi connectivity index (χ0) is 25.4. The molecule has 2 unspecified atom stereocenters. The minimum absolute atomic E-state index is 0.344. The van der Waals surface area contributed by atoms with Crippen LogP contribution in [-0.2, 0) is 27.2 Å².